The Morgan fingerprint density at radius 1 is 0.643 bits per heavy atom. The van der Waals surface area contributed by atoms with Gasteiger partial charge < -0.3 is 0 Å². The number of hydrogen-bond acceptors (Lipinski definition) is 0. The molecule has 0 radical (unpaired) electrons. The molecule has 0 aromatic heterocycles. The van der Waals surface area contributed by atoms with Crippen LogP contribution in [-0.4, -0.2) is 18.0 Å². The minimum Gasteiger partial charge on any atom is -0.206 e. The first-order valence-corrected chi connectivity index (χ1v) is 3.57. The molecule has 0 fully saturated rings. The second kappa shape index (κ2) is 3.00. The average Bonchev–Trinajstić information content (AvgIpc) is 1.81. The highest BCUT2D eigenvalue weighted by Crippen LogP contribution is 2.54. The minimum atomic E-state index is -5.98. The summed E-state index contributed by atoms with van der Waals surface area (Å²) in [6, 6.07) is 0. The summed E-state index contributed by atoms with van der Waals surface area (Å²) in [4.78, 5) is 0. The van der Waals surface area contributed by atoms with Crippen LogP contribution in [0, 0.1) is 5.41 Å². The van der Waals surface area contributed by atoms with Crippen LogP contribution < -0.4 is 0 Å². The monoisotopic (exact) mass is 226 g/mol. The number of hydrogen-bond donors (Lipinski definition) is 0. The Labute approximate surface area is 76.1 Å². The summed E-state index contributed by atoms with van der Waals surface area (Å²) in [5, 5.41) is 0. The standard InChI is InChI=1S/C7H9F7/c1-4(2,5(3,8)9)6(10,11)7(12,13)14/h1-3H3. The van der Waals surface area contributed by atoms with Crippen molar-refractivity contribution in [3.63, 3.8) is 0 Å². The van der Waals surface area contributed by atoms with Gasteiger partial charge in [0.1, 0.15) is 5.41 Å². The molecule has 0 saturated carbocycles. The third-order valence-electron chi connectivity index (χ3n) is 2.24. The highest BCUT2D eigenvalue weighted by molar-refractivity contribution is 4.98. The van der Waals surface area contributed by atoms with E-state index in [4.69, 9.17) is 0 Å². The number of alkyl halides is 7. The first-order valence-electron chi connectivity index (χ1n) is 3.57. The molecule has 0 unspecified atom stereocenters. The highest BCUT2D eigenvalue weighted by Gasteiger charge is 2.72. The summed E-state index contributed by atoms with van der Waals surface area (Å²) in [5.74, 6) is -9.57. The number of rotatable bonds is 2. The maximum Gasteiger partial charge on any atom is 0.454 e. The van der Waals surface area contributed by atoms with Crippen LogP contribution in [0.2, 0.25) is 0 Å². The molecule has 0 amide bonds. The van der Waals surface area contributed by atoms with Crippen LogP contribution >= 0.6 is 0 Å². The Balaban J connectivity index is 5.30. The molecule has 0 nitrogen and oxygen atoms in total. The van der Waals surface area contributed by atoms with Gasteiger partial charge in [0.25, 0.3) is 5.92 Å². The van der Waals surface area contributed by atoms with Crippen molar-refractivity contribution in [2.45, 2.75) is 38.8 Å². The molecular weight excluding hydrogens is 217 g/mol. The topological polar surface area (TPSA) is 0 Å². The summed E-state index contributed by atoms with van der Waals surface area (Å²) < 4.78 is 85.6. The normalized spacial score (nSPS) is 15.9. The Hall–Kier alpha value is -0.490. The lowest BCUT2D eigenvalue weighted by atomic mass is 9.79. The van der Waals surface area contributed by atoms with Gasteiger partial charge in [-0.25, -0.2) is 8.78 Å². The molecule has 0 heterocycles. The van der Waals surface area contributed by atoms with Crippen LogP contribution in [0.25, 0.3) is 0 Å². The predicted molar refractivity (Wildman–Crippen MR) is 35.4 cm³/mol. The van der Waals surface area contributed by atoms with Gasteiger partial charge in [-0.1, -0.05) is 0 Å². The van der Waals surface area contributed by atoms with Gasteiger partial charge in [-0.15, -0.1) is 0 Å². The van der Waals surface area contributed by atoms with Crippen LogP contribution in [0.4, 0.5) is 30.7 Å². The lowest BCUT2D eigenvalue weighted by molar-refractivity contribution is -0.351. The SMILES string of the molecule is CC(F)(F)C(C)(C)C(F)(F)C(F)(F)F. The first-order chi connectivity index (χ1) is 5.75. The largest absolute Gasteiger partial charge is 0.454 e. The summed E-state index contributed by atoms with van der Waals surface area (Å²) in [5.41, 5.74) is -3.47. The van der Waals surface area contributed by atoms with E-state index < -0.39 is 23.4 Å². The molecule has 14 heavy (non-hydrogen) atoms. The first kappa shape index (κ1) is 13.5. The van der Waals surface area contributed by atoms with Crippen molar-refractivity contribution in [1.82, 2.24) is 0 Å². The summed E-state index contributed by atoms with van der Waals surface area (Å²) in [6.07, 6.45) is -5.98. The fourth-order valence-corrected chi connectivity index (χ4v) is 0.630. The van der Waals surface area contributed by atoms with Gasteiger partial charge in [-0.3, -0.25) is 0 Å². The molecule has 0 aromatic rings. The van der Waals surface area contributed by atoms with Crippen LogP contribution in [0.1, 0.15) is 20.8 Å². The molecule has 0 aliphatic heterocycles. The zero-order valence-corrected chi connectivity index (χ0v) is 7.65. The van der Waals surface area contributed by atoms with E-state index in [0.29, 0.717) is 0 Å². The second-order valence-electron chi connectivity index (χ2n) is 3.59. The van der Waals surface area contributed by atoms with Gasteiger partial charge in [-0.05, 0) is 13.8 Å². The zero-order chi connectivity index (χ0) is 12.0. The van der Waals surface area contributed by atoms with Gasteiger partial charge in [0.2, 0.25) is 0 Å². The van der Waals surface area contributed by atoms with Crippen LogP contribution in [0.3, 0.4) is 0 Å². The van der Waals surface area contributed by atoms with Gasteiger partial charge in [-0.2, -0.15) is 22.0 Å². The van der Waals surface area contributed by atoms with E-state index in [9.17, 15) is 30.7 Å². The molecule has 0 N–H and O–H groups in total. The van der Waals surface area contributed by atoms with Crippen molar-refractivity contribution in [3.05, 3.63) is 0 Å². The second-order valence-corrected chi connectivity index (χ2v) is 3.59. The molecule has 0 aliphatic carbocycles. The molecule has 7 heteroatoms. The third kappa shape index (κ3) is 1.81. The molecule has 0 aliphatic rings. The van der Waals surface area contributed by atoms with E-state index in [1.807, 2.05) is 0 Å². The summed E-state index contributed by atoms with van der Waals surface area (Å²) >= 11 is 0. The Morgan fingerprint density at radius 2 is 0.929 bits per heavy atom. The summed E-state index contributed by atoms with van der Waals surface area (Å²) in [6.45, 7) is 0.396. The van der Waals surface area contributed by atoms with E-state index in [1.165, 1.54) is 0 Å². The van der Waals surface area contributed by atoms with Crippen LogP contribution in [0.5, 0.6) is 0 Å². The van der Waals surface area contributed by atoms with Crippen molar-refractivity contribution in [1.29, 1.82) is 0 Å². The quantitative estimate of drug-likeness (QED) is 0.627. The van der Waals surface area contributed by atoms with Crippen molar-refractivity contribution in [2.24, 2.45) is 5.41 Å². The smallest absolute Gasteiger partial charge is 0.206 e. The predicted octanol–water partition coefficient (Wildman–Crippen LogP) is 3.87. The zero-order valence-electron chi connectivity index (χ0n) is 7.65. The fraction of sp³-hybridized carbons (Fsp3) is 1.00. The van der Waals surface area contributed by atoms with Gasteiger partial charge in [0.15, 0.2) is 0 Å². The highest BCUT2D eigenvalue weighted by atomic mass is 19.4. The van der Waals surface area contributed by atoms with Crippen molar-refractivity contribution < 1.29 is 30.7 Å². The van der Waals surface area contributed by atoms with E-state index >= 15 is 0 Å². The maximum absolute atomic E-state index is 12.6. The van der Waals surface area contributed by atoms with Crippen molar-refractivity contribution in [3.8, 4) is 0 Å². The van der Waals surface area contributed by atoms with Crippen LogP contribution in [0.15, 0.2) is 0 Å². The van der Waals surface area contributed by atoms with Gasteiger partial charge in [0.05, 0.1) is 0 Å². The Bertz CT molecular complexity index is 183. The van der Waals surface area contributed by atoms with E-state index in [0.717, 1.165) is 0 Å². The van der Waals surface area contributed by atoms with E-state index in [-0.39, 0.29) is 20.8 Å². The van der Waals surface area contributed by atoms with E-state index in [1.54, 1.807) is 0 Å². The third-order valence-corrected chi connectivity index (χ3v) is 2.24. The molecule has 0 atom stereocenters. The maximum atomic E-state index is 12.6. The molecular formula is C7H9F7. The molecule has 0 bridgehead atoms. The molecule has 86 valence electrons. The lowest BCUT2D eigenvalue weighted by Crippen LogP contribution is -2.56. The lowest BCUT2D eigenvalue weighted by Gasteiger charge is -2.38. The van der Waals surface area contributed by atoms with Gasteiger partial charge >= 0.3 is 12.1 Å². The number of halogens is 7. The van der Waals surface area contributed by atoms with Crippen molar-refractivity contribution in [2.75, 3.05) is 0 Å². The Morgan fingerprint density at radius 3 is 1.00 bits per heavy atom. The van der Waals surface area contributed by atoms with E-state index in [2.05, 4.69) is 0 Å². The molecule has 0 aromatic carbocycles. The van der Waals surface area contributed by atoms with Gasteiger partial charge in [0, 0.05) is 6.92 Å². The molecule has 0 rings (SSSR count). The molecule has 0 spiro atoms. The average molecular weight is 226 g/mol. The van der Waals surface area contributed by atoms with Crippen molar-refractivity contribution >= 4 is 0 Å². The Kier molecular flexibility index (Phi) is 2.89. The summed E-state index contributed by atoms with van der Waals surface area (Å²) in [7, 11) is 0. The van der Waals surface area contributed by atoms with Crippen LogP contribution in [-0.2, 0) is 0 Å². The molecule has 0 saturated heterocycles. The fourth-order valence-electron chi connectivity index (χ4n) is 0.630. The minimum absolute atomic E-state index is 0.0344.